The van der Waals surface area contributed by atoms with Gasteiger partial charge >= 0.3 is 0 Å². The molecule has 0 bridgehead atoms. The summed E-state index contributed by atoms with van der Waals surface area (Å²) >= 11 is 0. The Balaban J connectivity index is 1.48. The summed E-state index contributed by atoms with van der Waals surface area (Å²) in [5, 5.41) is 5.81. The molecule has 3 aromatic rings. The molecular weight excluding hydrogens is 336 g/mol. The Morgan fingerprint density at radius 3 is 2.52 bits per heavy atom. The van der Waals surface area contributed by atoms with Crippen LogP contribution in [0, 0.1) is 6.92 Å². The standard InChI is InChI=1S/C23H20N2O2/c1-15-4-2-5-16(12-15)13-22(26)25-18-10-8-17(9-11-18)19-6-3-7-20-21(19)14-24-23(20)27/h2-12H,13-14H2,1H3,(H,24,27)(H,25,26). The van der Waals surface area contributed by atoms with E-state index in [4.69, 9.17) is 0 Å². The largest absolute Gasteiger partial charge is 0.348 e. The molecule has 1 aliphatic rings. The number of hydrogen-bond donors (Lipinski definition) is 2. The predicted octanol–water partition coefficient (Wildman–Crippen LogP) is 4.09. The molecule has 2 N–H and O–H groups in total. The fraction of sp³-hybridized carbons (Fsp3) is 0.130. The molecule has 1 heterocycles. The maximum atomic E-state index is 12.3. The molecule has 3 aromatic carbocycles. The Morgan fingerprint density at radius 1 is 1.00 bits per heavy atom. The molecule has 0 spiro atoms. The first kappa shape index (κ1) is 17.0. The molecule has 0 atom stereocenters. The summed E-state index contributed by atoms with van der Waals surface area (Å²) in [6, 6.07) is 21.5. The van der Waals surface area contributed by atoms with Gasteiger partial charge in [0.05, 0.1) is 6.42 Å². The summed E-state index contributed by atoms with van der Waals surface area (Å²) in [5.74, 6) is -0.0596. The van der Waals surface area contributed by atoms with Gasteiger partial charge < -0.3 is 10.6 Å². The fourth-order valence-corrected chi connectivity index (χ4v) is 3.47. The first-order valence-electron chi connectivity index (χ1n) is 8.96. The van der Waals surface area contributed by atoms with Crippen LogP contribution in [0.1, 0.15) is 27.0 Å². The van der Waals surface area contributed by atoms with Gasteiger partial charge in [-0.3, -0.25) is 9.59 Å². The van der Waals surface area contributed by atoms with Gasteiger partial charge in [0.2, 0.25) is 5.91 Å². The second-order valence-corrected chi connectivity index (χ2v) is 6.81. The van der Waals surface area contributed by atoms with Crippen molar-refractivity contribution in [3.8, 4) is 11.1 Å². The number of fused-ring (bicyclic) bond motifs is 1. The van der Waals surface area contributed by atoms with E-state index >= 15 is 0 Å². The van der Waals surface area contributed by atoms with Crippen LogP contribution >= 0.6 is 0 Å². The van der Waals surface area contributed by atoms with Crippen LogP contribution in [0.15, 0.2) is 66.7 Å². The van der Waals surface area contributed by atoms with E-state index < -0.39 is 0 Å². The minimum absolute atomic E-state index is 0.0214. The Hall–Kier alpha value is -3.40. The van der Waals surface area contributed by atoms with Crippen molar-refractivity contribution >= 4 is 17.5 Å². The monoisotopic (exact) mass is 356 g/mol. The Kier molecular flexibility index (Phi) is 4.47. The van der Waals surface area contributed by atoms with Gasteiger partial charge in [-0.2, -0.15) is 0 Å². The number of carbonyl (C=O) groups excluding carboxylic acids is 2. The third-order valence-corrected chi connectivity index (χ3v) is 4.77. The van der Waals surface area contributed by atoms with Crippen LogP contribution in [0.5, 0.6) is 0 Å². The molecule has 4 rings (SSSR count). The lowest BCUT2D eigenvalue weighted by Gasteiger charge is -2.10. The lowest BCUT2D eigenvalue weighted by molar-refractivity contribution is -0.115. The summed E-state index contributed by atoms with van der Waals surface area (Å²) in [5.41, 5.74) is 6.75. The highest BCUT2D eigenvalue weighted by Gasteiger charge is 2.21. The Bertz CT molecular complexity index is 1020. The highest BCUT2D eigenvalue weighted by atomic mass is 16.2. The van der Waals surface area contributed by atoms with Crippen molar-refractivity contribution in [1.29, 1.82) is 0 Å². The molecule has 0 fully saturated rings. The van der Waals surface area contributed by atoms with E-state index in [2.05, 4.69) is 10.6 Å². The van der Waals surface area contributed by atoms with Crippen molar-refractivity contribution in [3.05, 3.63) is 89.0 Å². The number of aryl methyl sites for hydroxylation is 1. The second-order valence-electron chi connectivity index (χ2n) is 6.81. The van der Waals surface area contributed by atoms with Crippen LogP contribution in [0.2, 0.25) is 0 Å². The summed E-state index contributed by atoms with van der Waals surface area (Å²) in [4.78, 5) is 24.1. The van der Waals surface area contributed by atoms with Gasteiger partial charge in [0.15, 0.2) is 0 Å². The molecule has 0 unspecified atom stereocenters. The average Bonchev–Trinajstić information content (AvgIpc) is 3.04. The maximum Gasteiger partial charge on any atom is 0.251 e. The first-order valence-corrected chi connectivity index (χ1v) is 8.96. The van der Waals surface area contributed by atoms with E-state index in [0.717, 1.165) is 39.1 Å². The van der Waals surface area contributed by atoms with Gasteiger partial charge in [0.25, 0.3) is 5.91 Å². The molecule has 27 heavy (non-hydrogen) atoms. The Morgan fingerprint density at radius 2 is 1.74 bits per heavy atom. The van der Waals surface area contributed by atoms with E-state index in [9.17, 15) is 9.59 Å². The third-order valence-electron chi connectivity index (χ3n) is 4.77. The highest BCUT2D eigenvalue weighted by Crippen LogP contribution is 2.30. The summed E-state index contributed by atoms with van der Waals surface area (Å²) in [6.07, 6.45) is 0.351. The van der Waals surface area contributed by atoms with Crippen molar-refractivity contribution in [3.63, 3.8) is 0 Å². The van der Waals surface area contributed by atoms with Crippen LogP contribution in [-0.2, 0) is 17.8 Å². The molecule has 134 valence electrons. The third kappa shape index (κ3) is 3.60. The zero-order valence-corrected chi connectivity index (χ0v) is 15.1. The molecule has 0 saturated carbocycles. The molecule has 1 aliphatic heterocycles. The minimum Gasteiger partial charge on any atom is -0.348 e. The number of benzene rings is 3. The van der Waals surface area contributed by atoms with Crippen LogP contribution in [-0.4, -0.2) is 11.8 Å². The quantitative estimate of drug-likeness (QED) is 0.740. The summed E-state index contributed by atoms with van der Waals surface area (Å²) in [7, 11) is 0. The van der Waals surface area contributed by atoms with Gasteiger partial charge in [-0.25, -0.2) is 0 Å². The number of amides is 2. The number of carbonyl (C=O) groups is 2. The molecule has 0 saturated heterocycles. The predicted molar refractivity (Wildman–Crippen MR) is 107 cm³/mol. The molecule has 0 aliphatic carbocycles. The van der Waals surface area contributed by atoms with E-state index in [-0.39, 0.29) is 11.8 Å². The molecule has 4 heteroatoms. The molecule has 4 nitrogen and oxygen atoms in total. The van der Waals surface area contributed by atoms with E-state index in [1.54, 1.807) is 0 Å². The average molecular weight is 356 g/mol. The SMILES string of the molecule is Cc1cccc(CC(=O)Nc2ccc(-c3cccc4c3CNC4=O)cc2)c1. The van der Waals surface area contributed by atoms with Crippen molar-refractivity contribution in [1.82, 2.24) is 5.32 Å². The smallest absolute Gasteiger partial charge is 0.251 e. The second kappa shape index (κ2) is 7.08. The lowest BCUT2D eigenvalue weighted by atomic mass is 9.97. The van der Waals surface area contributed by atoms with Crippen LogP contribution in [0.3, 0.4) is 0 Å². The van der Waals surface area contributed by atoms with Crippen LogP contribution in [0.25, 0.3) is 11.1 Å². The normalized spacial score (nSPS) is 12.4. The highest BCUT2D eigenvalue weighted by molar-refractivity contribution is 6.00. The minimum atomic E-state index is -0.0382. The lowest BCUT2D eigenvalue weighted by Crippen LogP contribution is -2.14. The van der Waals surface area contributed by atoms with Gasteiger partial charge in [-0.05, 0) is 47.4 Å². The summed E-state index contributed by atoms with van der Waals surface area (Å²) in [6.45, 7) is 2.57. The van der Waals surface area contributed by atoms with E-state index in [1.807, 2.05) is 73.7 Å². The first-order chi connectivity index (χ1) is 13.1. The molecule has 0 aromatic heterocycles. The van der Waals surface area contributed by atoms with Crippen LogP contribution < -0.4 is 10.6 Å². The van der Waals surface area contributed by atoms with E-state index in [0.29, 0.717) is 13.0 Å². The topological polar surface area (TPSA) is 58.2 Å². The number of rotatable bonds is 4. The maximum absolute atomic E-state index is 12.3. The van der Waals surface area contributed by atoms with Crippen molar-refractivity contribution in [2.45, 2.75) is 19.9 Å². The number of hydrogen-bond acceptors (Lipinski definition) is 2. The van der Waals surface area contributed by atoms with Gasteiger partial charge in [0.1, 0.15) is 0 Å². The zero-order chi connectivity index (χ0) is 18.8. The molecule has 2 amide bonds. The zero-order valence-electron chi connectivity index (χ0n) is 15.1. The number of anilines is 1. The summed E-state index contributed by atoms with van der Waals surface area (Å²) < 4.78 is 0. The van der Waals surface area contributed by atoms with Gasteiger partial charge in [0, 0.05) is 17.8 Å². The van der Waals surface area contributed by atoms with Crippen molar-refractivity contribution in [2.24, 2.45) is 0 Å². The van der Waals surface area contributed by atoms with E-state index in [1.165, 1.54) is 0 Å². The van der Waals surface area contributed by atoms with Crippen LogP contribution in [0.4, 0.5) is 5.69 Å². The van der Waals surface area contributed by atoms with Gasteiger partial charge in [-0.1, -0.05) is 54.1 Å². The molecular formula is C23H20N2O2. The Labute approximate surface area is 158 Å². The number of nitrogens with one attached hydrogen (secondary N) is 2. The van der Waals surface area contributed by atoms with Gasteiger partial charge in [-0.15, -0.1) is 0 Å². The van der Waals surface area contributed by atoms with Crippen molar-refractivity contribution < 1.29 is 9.59 Å². The van der Waals surface area contributed by atoms with Crippen molar-refractivity contribution in [2.75, 3.05) is 5.32 Å². The molecule has 0 radical (unpaired) electrons. The fourth-order valence-electron chi connectivity index (χ4n) is 3.47.